The van der Waals surface area contributed by atoms with E-state index in [1.54, 1.807) is 0 Å². The second-order valence-corrected chi connectivity index (χ2v) is 10.1. The van der Waals surface area contributed by atoms with Crippen molar-refractivity contribution in [3.63, 3.8) is 0 Å². The number of benzene rings is 2. The molecule has 7 nitrogen and oxygen atoms in total. The van der Waals surface area contributed by atoms with Crippen LogP contribution >= 0.6 is 0 Å². The van der Waals surface area contributed by atoms with Crippen molar-refractivity contribution in [2.24, 2.45) is 5.92 Å². The maximum Gasteiger partial charge on any atom is 0.273 e. The Hall–Kier alpha value is -3.61. The first kappa shape index (κ1) is 25.1. The fourth-order valence-electron chi connectivity index (χ4n) is 5.48. The number of fused-ring (bicyclic) bond motifs is 1. The van der Waals surface area contributed by atoms with Gasteiger partial charge in [0.15, 0.2) is 12.3 Å². The van der Waals surface area contributed by atoms with Crippen molar-refractivity contribution in [2.75, 3.05) is 13.1 Å². The van der Waals surface area contributed by atoms with Crippen molar-refractivity contribution in [3.8, 4) is 5.75 Å². The number of nitrogens with zero attached hydrogens (tertiary/aromatic N) is 2. The number of carbonyl (C=O) groups is 2. The zero-order valence-electron chi connectivity index (χ0n) is 21.7. The highest BCUT2D eigenvalue weighted by atomic mass is 16.5. The van der Waals surface area contributed by atoms with Crippen LogP contribution in [0.25, 0.3) is 0 Å². The second-order valence-electron chi connectivity index (χ2n) is 10.1. The van der Waals surface area contributed by atoms with E-state index in [1.807, 2.05) is 19.1 Å². The van der Waals surface area contributed by atoms with E-state index in [1.165, 1.54) is 17.4 Å². The number of carbonyl (C=O) groups excluding carboxylic acids is 2. The summed E-state index contributed by atoms with van der Waals surface area (Å²) in [5.41, 5.74) is 4.89. The van der Waals surface area contributed by atoms with Crippen molar-refractivity contribution in [1.82, 2.24) is 15.2 Å². The summed E-state index contributed by atoms with van der Waals surface area (Å²) < 4.78 is 11.5. The van der Waals surface area contributed by atoms with Crippen molar-refractivity contribution in [2.45, 2.75) is 65.0 Å². The largest absolute Gasteiger partial charge is 0.484 e. The van der Waals surface area contributed by atoms with Gasteiger partial charge in [0, 0.05) is 19.0 Å². The molecular formula is C30H35N3O4. The molecule has 2 amide bonds. The summed E-state index contributed by atoms with van der Waals surface area (Å²) in [7, 11) is 0. The first-order valence-electron chi connectivity index (χ1n) is 13.4. The molecule has 1 aromatic heterocycles. The van der Waals surface area contributed by atoms with Gasteiger partial charge in [0.2, 0.25) is 11.8 Å². The second kappa shape index (κ2) is 11.2. The van der Waals surface area contributed by atoms with Gasteiger partial charge in [-0.2, -0.15) is 0 Å². The number of aryl methyl sites for hydroxylation is 1. The van der Waals surface area contributed by atoms with Gasteiger partial charge in [-0.3, -0.25) is 9.59 Å². The van der Waals surface area contributed by atoms with E-state index in [4.69, 9.17) is 9.15 Å². The Morgan fingerprint density at radius 3 is 2.78 bits per heavy atom. The van der Waals surface area contributed by atoms with Gasteiger partial charge in [0.25, 0.3) is 5.91 Å². The Kier molecular flexibility index (Phi) is 7.58. The van der Waals surface area contributed by atoms with Gasteiger partial charge in [0.1, 0.15) is 12.0 Å². The number of nitrogens with one attached hydrogen (secondary N) is 1. The first-order valence-corrected chi connectivity index (χ1v) is 13.4. The van der Waals surface area contributed by atoms with Crippen LogP contribution in [-0.4, -0.2) is 34.8 Å². The van der Waals surface area contributed by atoms with E-state index >= 15 is 0 Å². The minimum Gasteiger partial charge on any atom is -0.484 e. The number of oxazole rings is 1. The van der Waals surface area contributed by atoms with Crippen molar-refractivity contribution in [3.05, 3.63) is 82.6 Å². The minimum atomic E-state index is -0.251. The predicted octanol–water partition coefficient (Wildman–Crippen LogP) is 5.37. The number of aromatic nitrogens is 1. The minimum absolute atomic E-state index is 0.111. The average Bonchev–Trinajstić information content (AvgIpc) is 3.62. The summed E-state index contributed by atoms with van der Waals surface area (Å²) in [4.78, 5) is 32.1. The first-order chi connectivity index (χ1) is 18.0. The van der Waals surface area contributed by atoms with Crippen LogP contribution in [0.3, 0.4) is 0 Å². The third-order valence-electron chi connectivity index (χ3n) is 7.37. The normalized spacial score (nSPS) is 17.5. The molecule has 1 saturated carbocycles. The molecule has 3 aromatic rings. The maximum atomic E-state index is 13.6. The molecule has 5 rings (SSSR count). The molecule has 1 atom stereocenters. The van der Waals surface area contributed by atoms with Crippen LogP contribution in [0.2, 0.25) is 0 Å². The predicted molar refractivity (Wildman–Crippen MR) is 140 cm³/mol. The Labute approximate surface area is 218 Å². The molecule has 1 aliphatic heterocycles. The number of amides is 2. The van der Waals surface area contributed by atoms with Crippen LogP contribution in [-0.2, 0) is 17.8 Å². The van der Waals surface area contributed by atoms with Gasteiger partial charge in [-0.25, -0.2) is 4.98 Å². The molecule has 1 aliphatic carbocycles. The highest BCUT2D eigenvalue weighted by Crippen LogP contribution is 2.40. The number of hydrogen-bond acceptors (Lipinski definition) is 5. The Morgan fingerprint density at radius 1 is 1.16 bits per heavy atom. The average molecular weight is 502 g/mol. The van der Waals surface area contributed by atoms with Gasteiger partial charge in [-0.1, -0.05) is 55.7 Å². The Morgan fingerprint density at radius 2 is 2.00 bits per heavy atom. The smallest absolute Gasteiger partial charge is 0.273 e. The van der Waals surface area contributed by atoms with Crippen LogP contribution in [0.4, 0.5) is 0 Å². The molecule has 0 spiro atoms. The summed E-state index contributed by atoms with van der Waals surface area (Å²) in [5.74, 6) is 1.17. The quantitative estimate of drug-likeness (QED) is 0.449. The Balaban J connectivity index is 1.39. The molecule has 0 radical (unpaired) electrons. The standard InChI is InChI=1S/C30H35N3O4/c1-3-14-31-29(34)26-18-37-27(32-26)19-36-24-12-11-21-13-15-33(30(35)22-8-4-5-9-22)28(25(21)17-24)23-10-6-7-20(2)16-23/h6-7,10-12,16-18,22,28H,3-5,8-9,13-15,19H2,1-2H3,(H,31,34). The van der Waals surface area contributed by atoms with Crippen LogP contribution in [0, 0.1) is 12.8 Å². The lowest BCUT2D eigenvalue weighted by molar-refractivity contribution is -0.137. The molecule has 1 N–H and O–H groups in total. The van der Waals surface area contributed by atoms with Gasteiger partial charge < -0.3 is 19.4 Å². The summed E-state index contributed by atoms with van der Waals surface area (Å²) in [6, 6.07) is 14.4. The molecule has 194 valence electrons. The fourth-order valence-corrected chi connectivity index (χ4v) is 5.48. The molecule has 1 unspecified atom stereocenters. The van der Waals surface area contributed by atoms with E-state index in [0.29, 0.717) is 18.2 Å². The number of hydrogen-bond donors (Lipinski definition) is 1. The van der Waals surface area contributed by atoms with Crippen LogP contribution < -0.4 is 10.1 Å². The van der Waals surface area contributed by atoms with Gasteiger partial charge >= 0.3 is 0 Å². The highest BCUT2D eigenvalue weighted by Gasteiger charge is 2.36. The lowest BCUT2D eigenvalue weighted by atomic mass is 9.86. The molecule has 1 fully saturated rings. The molecule has 2 heterocycles. The molecular weight excluding hydrogens is 466 g/mol. The summed E-state index contributed by atoms with van der Waals surface area (Å²) >= 11 is 0. The summed E-state index contributed by atoms with van der Waals surface area (Å²) in [6.07, 6.45) is 7.28. The number of ether oxygens (including phenoxy) is 1. The molecule has 0 saturated heterocycles. The van der Waals surface area contributed by atoms with E-state index in [2.05, 4.69) is 52.5 Å². The summed E-state index contributed by atoms with van der Waals surface area (Å²) in [6.45, 7) is 5.51. The number of rotatable bonds is 8. The van der Waals surface area contributed by atoms with Gasteiger partial charge in [-0.15, -0.1) is 0 Å². The SMILES string of the molecule is CCCNC(=O)c1coc(COc2ccc3c(c2)C(c2cccc(C)c2)N(C(=O)C2CCCC2)CC3)n1. The van der Waals surface area contributed by atoms with E-state index in [9.17, 15) is 9.59 Å². The van der Waals surface area contributed by atoms with Crippen molar-refractivity contribution >= 4 is 11.8 Å². The lowest BCUT2D eigenvalue weighted by Crippen LogP contribution is -2.43. The Bertz CT molecular complexity index is 1260. The van der Waals surface area contributed by atoms with Gasteiger partial charge in [0.05, 0.1) is 6.04 Å². The van der Waals surface area contributed by atoms with E-state index in [0.717, 1.165) is 56.2 Å². The van der Waals surface area contributed by atoms with Gasteiger partial charge in [-0.05, 0) is 61.4 Å². The van der Waals surface area contributed by atoms with E-state index < -0.39 is 0 Å². The van der Waals surface area contributed by atoms with Crippen molar-refractivity contribution < 1.29 is 18.7 Å². The van der Waals surface area contributed by atoms with Crippen LogP contribution in [0.1, 0.15) is 83.7 Å². The third-order valence-corrected chi connectivity index (χ3v) is 7.37. The molecule has 0 bridgehead atoms. The topological polar surface area (TPSA) is 84.7 Å². The molecule has 2 aliphatic rings. The zero-order valence-corrected chi connectivity index (χ0v) is 21.7. The monoisotopic (exact) mass is 501 g/mol. The fraction of sp³-hybridized carbons (Fsp3) is 0.433. The lowest BCUT2D eigenvalue weighted by Gasteiger charge is -2.39. The summed E-state index contributed by atoms with van der Waals surface area (Å²) in [5, 5.41) is 2.79. The molecule has 37 heavy (non-hydrogen) atoms. The highest BCUT2D eigenvalue weighted by molar-refractivity contribution is 5.91. The maximum absolute atomic E-state index is 13.6. The third kappa shape index (κ3) is 5.55. The zero-order chi connectivity index (χ0) is 25.8. The van der Waals surface area contributed by atoms with Crippen LogP contribution in [0.15, 0.2) is 53.1 Å². The van der Waals surface area contributed by atoms with Crippen LogP contribution in [0.5, 0.6) is 5.75 Å². The molecule has 7 heteroatoms. The van der Waals surface area contributed by atoms with Crippen molar-refractivity contribution in [1.29, 1.82) is 0 Å². The van der Waals surface area contributed by atoms with E-state index in [-0.39, 0.29) is 36.1 Å². The molecule has 2 aromatic carbocycles.